The van der Waals surface area contributed by atoms with Crippen LogP contribution in [-0.4, -0.2) is 4.57 Å². The summed E-state index contributed by atoms with van der Waals surface area (Å²) in [6, 6.07) is 49.9. The Bertz CT molecular complexity index is 2410. The fourth-order valence-corrected chi connectivity index (χ4v) is 7.54. The van der Waals surface area contributed by atoms with E-state index in [-0.39, 0.29) is 0 Å². The van der Waals surface area contributed by atoms with Crippen LogP contribution in [0.1, 0.15) is 0 Å². The van der Waals surface area contributed by atoms with Crippen LogP contribution in [-0.2, 0) is 0 Å². The van der Waals surface area contributed by atoms with Gasteiger partial charge in [0.2, 0.25) is 0 Å². The first-order chi connectivity index (χ1) is 20.3. The minimum absolute atomic E-state index is 0.908. The second-order valence-corrected chi connectivity index (χ2v) is 11.6. The zero-order valence-electron chi connectivity index (χ0n) is 22.0. The maximum Gasteiger partial charge on any atom is 0.161 e. The molecule has 9 aromatic rings. The number of rotatable bonds is 3. The van der Waals surface area contributed by atoms with Gasteiger partial charge in [0.1, 0.15) is 11.1 Å². The lowest BCUT2D eigenvalue weighted by atomic mass is 9.99. The van der Waals surface area contributed by atoms with Crippen LogP contribution in [0.15, 0.2) is 144 Å². The molecule has 0 bridgehead atoms. The number of furan rings is 1. The van der Waals surface area contributed by atoms with Gasteiger partial charge in [-0.15, -0.1) is 11.3 Å². The van der Waals surface area contributed by atoms with Gasteiger partial charge in [0, 0.05) is 36.6 Å². The van der Waals surface area contributed by atoms with Crippen LogP contribution in [0.3, 0.4) is 0 Å². The van der Waals surface area contributed by atoms with Crippen molar-refractivity contribution in [1.29, 1.82) is 0 Å². The third kappa shape index (κ3) is 3.36. The predicted molar refractivity (Wildman–Crippen MR) is 174 cm³/mol. The van der Waals surface area contributed by atoms with Crippen LogP contribution < -0.4 is 0 Å². The van der Waals surface area contributed by atoms with E-state index in [1.165, 1.54) is 42.4 Å². The monoisotopic (exact) mass is 541 g/mol. The van der Waals surface area contributed by atoms with E-state index in [0.29, 0.717) is 0 Å². The first kappa shape index (κ1) is 22.7. The van der Waals surface area contributed by atoms with Crippen molar-refractivity contribution in [2.75, 3.05) is 0 Å². The van der Waals surface area contributed by atoms with E-state index in [9.17, 15) is 0 Å². The van der Waals surface area contributed by atoms with Crippen molar-refractivity contribution >= 4 is 64.5 Å². The molecule has 0 N–H and O–H groups in total. The Balaban J connectivity index is 1.29. The van der Waals surface area contributed by atoms with E-state index in [0.717, 1.165) is 38.7 Å². The molecule has 0 spiro atoms. The van der Waals surface area contributed by atoms with Crippen LogP contribution in [0.25, 0.3) is 81.1 Å². The van der Waals surface area contributed by atoms with Crippen molar-refractivity contribution in [3.8, 4) is 27.9 Å². The van der Waals surface area contributed by atoms with Gasteiger partial charge in [-0.25, -0.2) is 0 Å². The summed E-state index contributed by atoms with van der Waals surface area (Å²) >= 11 is 1.87. The number of nitrogens with zero attached hydrogens (tertiary/aromatic N) is 1. The molecule has 0 radical (unpaired) electrons. The van der Waals surface area contributed by atoms with Crippen LogP contribution in [0, 0.1) is 0 Å². The van der Waals surface area contributed by atoms with E-state index in [1.54, 1.807) is 0 Å². The normalized spacial score (nSPS) is 11.9. The van der Waals surface area contributed by atoms with Gasteiger partial charge in [-0.2, -0.15) is 0 Å². The Kier molecular flexibility index (Phi) is 4.80. The topological polar surface area (TPSA) is 18.1 Å². The number of para-hydroxylation sites is 2. The van der Waals surface area contributed by atoms with Crippen LogP contribution >= 0.6 is 11.3 Å². The predicted octanol–water partition coefficient (Wildman–Crippen LogP) is 11.2. The lowest BCUT2D eigenvalue weighted by molar-refractivity contribution is 0.673. The Morgan fingerprint density at radius 2 is 1.24 bits per heavy atom. The summed E-state index contributed by atoms with van der Waals surface area (Å²) in [5.74, 6) is 0. The van der Waals surface area contributed by atoms with Gasteiger partial charge in [-0.05, 0) is 70.8 Å². The van der Waals surface area contributed by atoms with Crippen molar-refractivity contribution < 1.29 is 4.42 Å². The van der Waals surface area contributed by atoms with E-state index in [4.69, 9.17) is 4.42 Å². The summed E-state index contributed by atoms with van der Waals surface area (Å²) in [5, 5.41) is 4.87. The highest BCUT2D eigenvalue weighted by Gasteiger charge is 2.20. The molecular formula is C38H23NOS. The molecule has 192 valence electrons. The third-order valence-electron chi connectivity index (χ3n) is 8.20. The fraction of sp³-hybridized carbons (Fsp3) is 0. The van der Waals surface area contributed by atoms with Gasteiger partial charge in [-0.1, -0.05) is 91.0 Å². The molecule has 2 nitrogen and oxygen atoms in total. The molecule has 0 aliphatic carbocycles. The first-order valence-electron chi connectivity index (χ1n) is 13.9. The molecule has 0 saturated carbocycles. The van der Waals surface area contributed by atoms with Crippen molar-refractivity contribution in [1.82, 2.24) is 4.57 Å². The van der Waals surface area contributed by atoms with Crippen LogP contribution in [0.5, 0.6) is 0 Å². The quantitative estimate of drug-likeness (QED) is 0.217. The number of hydrogen-bond acceptors (Lipinski definition) is 2. The highest BCUT2D eigenvalue weighted by Crippen LogP contribution is 2.44. The van der Waals surface area contributed by atoms with Gasteiger partial charge < -0.3 is 8.98 Å². The lowest BCUT2D eigenvalue weighted by Gasteiger charge is -2.08. The second-order valence-electron chi connectivity index (χ2n) is 10.5. The average molecular weight is 542 g/mol. The molecule has 0 fully saturated rings. The van der Waals surface area contributed by atoms with Crippen molar-refractivity contribution in [2.24, 2.45) is 0 Å². The zero-order valence-corrected chi connectivity index (χ0v) is 22.9. The van der Waals surface area contributed by atoms with Crippen LogP contribution in [0.4, 0.5) is 0 Å². The van der Waals surface area contributed by atoms with Gasteiger partial charge in [0.25, 0.3) is 0 Å². The van der Waals surface area contributed by atoms with E-state index >= 15 is 0 Å². The number of fused-ring (bicyclic) bond motifs is 8. The molecule has 6 aromatic carbocycles. The highest BCUT2D eigenvalue weighted by atomic mass is 32.1. The standard InChI is InChI=1S/C38H23NOS/c1-3-10-24(11-4-1)25-19-21-35-31(22-25)29-16-9-15-28(38(29)41-35)26-18-20-34-32(23-26)36-37(40-34)30-14-7-8-17-33(30)39(36)27-12-5-2-6-13-27/h1-23H. The van der Waals surface area contributed by atoms with Crippen molar-refractivity contribution in [3.63, 3.8) is 0 Å². The smallest absolute Gasteiger partial charge is 0.161 e. The maximum absolute atomic E-state index is 6.53. The van der Waals surface area contributed by atoms with E-state index in [1.807, 2.05) is 11.3 Å². The second kappa shape index (κ2) is 8.69. The Hall–Kier alpha value is -5.12. The minimum Gasteiger partial charge on any atom is -0.454 e. The largest absolute Gasteiger partial charge is 0.454 e. The molecule has 3 aromatic heterocycles. The average Bonchev–Trinajstić information content (AvgIpc) is 3.70. The maximum atomic E-state index is 6.53. The molecule has 0 aliphatic heterocycles. The number of benzene rings is 6. The van der Waals surface area contributed by atoms with Gasteiger partial charge in [0.15, 0.2) is 5.58 Å². The molecule has 0 amide bonds. The van der Waals surface area contributed by atoms with Gasteiger partial charge in [-0.3, -0.25) is 0 Å². The fourth-order valence-electron chi connectivity index (χ4n) is 6.32. The van der Waals surface area contributed by atoms with Gasteiger partial charge in [0.05, 0.1) is 5.52 Å². The van der Waals surface area contributed by atoms with Gasteiger partial charge >= 0.3 is 0 Å². The van der Waals surface area contributed by atoms with Crippen LogP contribution in [0.2, 0.25) is 0 Å². The zero-order chi connectivity index (χ0) is 26.9. The molecule has 3 heteroatoms. The molecule has 9 rings (SSSR count). The molecular weight excluding hydrogens is 518 g/mol. The summed E-state index contributed by atoms with van der Waals surface area (Å²) < 4.78 is 11.5. The molecule has 0 atom stereocenters. The SMILES string of the molecule is c1ccc(-c2ccc3sc4c(-c5ccc6oc7c8ccccc8n(-c8ccccc8)c7c6c5)cccc4c3c2)cc1. The Morgan fingerprint density at radius 3 is 2.12 bits per heavy atom. The minimum atomic E-state index is 0.908. The Morgan fingerprint density at radius 1 is 0.512 bits per heavy atom. The first-order valence-corrected chi connectivity index (χ1v) is 14.7. The molecule has 0 unspecified atom stereocenters. The van der Waals surface area contributed by atoms with E-state index < -0.39 is 0 Å². The summed E-state index contributed by atoms with van der Waals surface area (Å²) in [4.78, 5) is 0. The molecule has 0 aliphatic rings. The summed E-state index contributed by atoms with van der Waals surface area (Å²) in [5.41, 5.74) is 10.2. The van der Waals surface area contributed by atoms with E-state index in [2.05, 4.69) is 144 Å². The third-order valence-corrected chi connectivity index (χ3v) is 9.42. The Labute approximate surface area is 240 Å². The number of thiophene rings is 1. The number of aromatic nitrogens is 1. The molecule has 3 heterocycles. The summed E-state index contributed by atoms with van der Waals surface area (Å²) in [7, 11) is 0. The number of hydrogen-bond donors (Lipinski definition) is 0. The summed E-state index contributed by atoms with van der Waals surface area (Å²) in [6.45, 7) is 0. The van der Waals surface area contributed by atoms with Crippen molar-refractivity contribution in [2.45, 2.75) is 0 Å². The summed E-state index contributed by atoms with van der Waals surface area (Å²) in [6.07, 6.45) is 0. The molecule has 41 heavy (non-hydrogen) atoms. The van der Waals surface area contributed by atoms with Crippen molar-refractivity contribution in [3.05, 3.63) is 140 Å². The lowest BCUT2D eigenvalue weighted by Crippen LogP contribution is -1.92. The molecule has 0 saturated heterocycles. The highest BCUT2D eigenvalue weighted by molar-refractivity contribution is 7.26.